The maximum absolute atomic E-state index is 13.6. The predicted octanol–water partition coefficient (Wildman–Crippen LogP) is 4.27. The van der Waals surface area contributed by atoms with Crippen molar-refractivity contribution in [2.75, 3.05) is 45.2 Å². The van der Waals surface area contributed by atoms with E-state index in [1.807, 2.05) is 19.1 Å². The van der Waals surface area contributed by atoms with Crippen LogP contribution in [0, 0.1) is 24.6 Å². The van der Waals surface area contributed by atoms with Crippen LogP contribution in [0.5, 0.6) is 0 Å². The molecule has 6 nitrogen and oxygen atoms in total. The SMILES string of the molecule is Cc1cc(N2CCC(CC3CN(C(=O)C(C)(O)Pc4cc(F)cc(Cl)c4)C3)CC2)ccc1C(=O)N(C)C. The largest absolute Gasteiger partial charge is 0.376 e. The minimum atomic E-state index is -1.57. The number of aliphatic hydroxyl groups is 1. The molecule has 2 amide bonds. The fraction of sp³-hybridized carbons (Fsp3) is 0.500. The number of hydrogen-bond donors (Lipinski definition) is 1. The van der Waals surface area contributed by atoms with E-state index in [1.54, 1.807) is 30.0 Å². The third kappa shape index (κ3) is 6.63. The summed E-state index contributed by atoms with van der Waals surface area (Å²) in [5.41, 5.74) is 2.90. The van der Waals surface area contributed by atoms with Gasteiger partial charge < -0.3 is 19.8 Å². The van der Waals surface area contributed by atoms with Gasteiger partial charge in [-0.2, -0.15) is 0 Å². The second-order valence-electron chi connectivity index (χ2n) is 10.8. The molecule has 0 radical (unpaired) electrons. The van der Waals surface area contributed by atoms with E-state index in [0.717, 1.165) is 49.2 Å². The van der Waals surface area contributed by atoms with Crippen molar-refractivity contribution in [1.29, 1.82) is 0 Å². The molecule has 2 saturated heterocycles. The lowest BCUT2D eigenvalue weighted by molar-refractivity contribution is -0.149. The normalized spacial score (nSPS) is 18.7. The third-order valence-corrected chi connectivity index (χ3v) is 8.90. The summed E-state index contributed by atoms with van der Waals surface area (Å²) in [7, 11) is 3.26. The molecular weight excluding hydrogens is 512 g/mol. The lowest BCUT2D eigenvalue weighted by Crippen LogP contribution is -2.56. The number of rotatable bonds is 7. The van der Waals surface area contributed by atoms with Crippen molar-refractivity contribution in [3.05, 3.63) is 58.4 Å². The van der Waals surface area contributed by atoms with E-state index in [2.05, 4.69) is 11.0 Å². The number of benzene rings is 2. The molecule has 4 rings (SSSR count). The zero-order chi connectivity index (χ0) is 26.9. The molecule has 2 aliphatic rings. The standard InChI is InChI=1S/C28H36ClFN3O3P/c1-18-11-23(5-6-25(18)26(34)31(3)4)32-9-7-19(8-10-32)12-20-16-33(17-20)27(35)28(2,36)37-24-14-21(29)13-22(30)15-24/h5-6,11,13-15,19-20,36-37H,7-10,12,16-17H2,1-4H3. The molecule has 0 saturated carbocycles. The highest BCUT2D eigenvalue weighted by Gasteiger charge is 2.41. The van der Waals surface area contributed by atoms with Crippen LogP contribution in [0.25, 0.3) is 0 Å². The summed E-state index contributed by atoms with van der Waals surface area (Å²) in [5.74, 6) is 0.313. The Morgan fingerprint density at radius 2 is 1.81 bits per heavy atom. The Morgan fingerprint density at radius 1 is 1.14 bits per heavy atom. The number of carbonyl (C=O) groups is 2. The first kappa shape index (κ1) is 27.8. The van der Waals surface area contributed by atoms with E-state index < -0.39 is 11.2 Å². The average Bonchev–Trinajstić information content (AvgIpc) is 2.79. The maximum Gasteiger partial charge on any atom is 0.258 e. The molecule has 2 atom stereocenters. The molecule has 2 fully saturated rings. The monoisotopic (exact) mass is 547 g/mol. The van der Waals surface area contributed by atoms with Crippen molar-refractivity contribution in [3.63, 3.8) is 0 Å². The van der Waals surface area contributed by atoms with Gasteiger partial charge in [0, 0.05) is 56.5 Å². The summed E-state index contributed by atoms with van der Waals surface area (Å²) in [4.78, 5) is 30.9. The van der Waals surface area contributed by atoms with Gasteiger partial charge in [0.1, 0.15) is 5.82 Å². The molecule has 0 spiro atoms. The molecule has 9 heteroatoms. The van der Waals surface area contributed by atoms with Crippen molar-refractivity contribution >= 4 is 43.0 Å². The Labute approximate surface area is 225 Å². The number of hydrogen-bond acceptors (Lipinski definition) is 4. The quantitative estimate of drug-likeness (QED) is 0.526. The number of amides is 2. The minimum Gasteiger partial charge on any atom is -0.376 e. The van der Waals surface area contributed by atoms with Crippen LogP contribution >= 0.6 is 20.2 Å². The van der Waals surface area contributed by atoms with Crippen LogP contribution in [-0.4, -0.2) is 72.3 Å². The molecule has 2 aromatic rings. The van der Waals surface area contributed by atoms with Gasteiger partial charge in [-0.25, -0.2) is 4.39 Å². The summed E-state index contributed by atoms with van der Waals surface area (Å²) in [6.45, 7) is 6.76. The topological polar surface area (TPSA) is 64.1 Å². The van der Waals surface area contributed by atoms with Crippen LogP contribution in [0.4, 0.5) is 10.1 Å². The zero-order valence-corrected chi connectivity index (χ0v) is 23.7. The molecule has 2 heterocycles. The van der Waals surface area contributed by atoms with Gasteiger partial charge in [-0.3, -0.25) is 9.59 Å². The predicted molar refractivity (Wildman–Crippen MR) is 149 cm³/mol. The third-order valence-electron chi connectivity index (χ3n) is 7.40. The second kappa shape index (κ2) is 11.3. The molecule has 0 bridgehead atoms. The van der Waals surface area contributed by atoms with Gasteiger partial charge in [0.05, 0.1) is 0 Å². The fourth-order valence-electron chi connectivity index (χ4n) is 5.38. The number of anilines is 1. The first-order chi connectivity index (χ1) is 17.4. The van der Waals surface area contributed by atoms with E-state index in [4.69, 9.17) is 11.6 Å². The highest BCUT2D eigenvalue weighted by Crippen LogP contribution is 2.36. The van der Waals surface area contributed by atoms with Crippen molar-refractivity contribution in [3.8, 4) is 0 Å². The molecule has 2 aliphatic heterocycles. The molecule has 1 N–H and O–H groups in total. The molecule has 37 heavy (non-hydrogen) atoms. The van der Waals surface area contributed by atoms with Crippen LogP contribution in [0.2, 0.25) is 5.02 Å². The minimum absolute atomic E-state index is 0.0242. The Morgan fingerprint density at radius 3 is 2.41 bits per heavy atom. The Kier molecular flexibility index (Phi) is 8.47. The van der Waals surface area contributed by atoms with Crippen molar-refractivity contribution in [2.45, 2.75) is 38.5 Å². The lowest BCUT2D eigenvalue weighted by Gasteiger charge is -2.44. The van der Waals surface area contributed by atoms with Crippen LogP contribution < -0.4 is 10.2 Å². The zero-order valence-electron chi connectivity index (χ0n) is 21.9. The van der Waals surface area contributed by atoms with Gasteiger partial charge in [-0.05, 0) is 101 Å². The van der Waals surface area contributed by atoms with E-state index in [9.17, 15) is 19.1 Å². The van der Waals surface area contributed by atoms with Gasteiger partial charge >= 0.3 is 0 Å². The number of likely N-dealkylation sites (tertiary alicyclic amines) is 1. The first-order valence-electron chi connectivity index (χ1n) is 12.8. The summed E-state index contributed by atoms with van der Waals surface area (Å²) in [6.07, 6.45) is 3.28. The summed E-state index contributed by atoms with van der Waals surface area (Å²) >= 11 is 5.92. The summed E-state index contributed by atoms with van der Waals surface area (Å²) in [6, 6.07) is 10.2. The lowest BCUT2D eigenvalue weighted by atomic mass is 9.83. The highest BCUT2D eigenvalue weighted by molar-refractivity contribution is 7.49. The molecule has 200 valence electrons. The molecule has 0 aliphatic carbocycles. The van der Waals surface area contributed by atoms with Crippen LogP contribution in [0.15, 0.2) is 36.4 Å². The first-order valence-corrected chi connectivity index (χ1v) is 14.1. The molecule has 2 unspecified atom stereocenters. The average molecular weight is 548 g/mol. The van der Waals surface area contributed by atoms with E-state index in [1.165, 1.54) is 19.1 Å². The van der Waals surface area contributed by atoms with Gasteiger partial charge in [-0.1, -0.05) is 11.6 Å². The molecule has 2 aromatic carbocycles. The number of piperidine rings is 1. The number of nitrogens with zero attached hydrogens (tertiary/aromatic N) is 3. The maximum atomic E-state index is 13.6. The molecule has 0 aromatic heterocycles. The van der Waals surface area contributed by atoms with Gasteiger partial charge in [0.15, 0.2) is 5.34 Å². The second-order valence-corrected chi connectivity index (χ2v) is 13.0. The smallest absolute Gasteiger partial charge is 0.258 e. The number of aryl methyl sites for hydroxylation is 1. The van der Waals surface area contributed by atoms with Crippen molar-refractivity contribution < 1.29 is 19.1 Å². The molecular formula is C28H36ClFN3O3P. The van der Waals surface area contributed by atoms with Crippen LogP contribution in [0.1, 0.15) is 42.1 Å². The van der Waals surface area contributed by atoms with Gasteiger partial charge in [0.25, 0.3) is 11.8 Å². The van der Waals surface area contributed by atoms with Crippen molar-refractivity contribution in [2.24, 2.45) is 11.8 Å². The Balaban J connectivity index is 1.23. The summed E-state index contributed by atoms with van der Waals surface area (Å²) < 4.78 is 13.6. The van der Waals surface area contributed by atoms with Crippen LogP contribution in [-0.2, 0) is 4.79 Å². The number of halogens is 2. The van der Waals surface area contributed by atoms with E-state index >= 15 is 0 Å². The van der Waals surface area contributed by atoms with Gasteiger partial charge in [-0.15, -0.1) is 0 Å². The summed E-state index contributed by atoms with van der Waals surface area (Å²) in [5, 5.41) is 10.0. The van der Waals surface area contributed by atoms with Crippen molar-refractivity contribution in [1.82, 2.24) is 9.80 Å². The Bertz CT molecular complexity index is 1140. The van der Waals surface area contributed by atoms with Crippen LogP contribution in [0.3, 0.4) is 0 Å². The fourth-order valence-corrected chi connectivity index (χ4v) is 6.96. The number of carbonyl (C=O) groups excluding carboxylic acids is 2. The highest BCUT2D eigenvalue weighted by atomic mass is 35.5. The Hall–Kier alpha value is -2.21. The van der Waals surface area contributed by atoms with Gasteiger partial charge in [0.2, 0.25) is 0 Å². The van der Waals surface area contributed by atoms with E-state index in [-0.39, 0.29) is 25.4 Å². The van der Waals surface area contributed by atoms with E-state index in [0.29, 0.717) is 30.2 Å².